The second kappa shape index (κ2) is 4.06. The Kier molecular flexibility index (Phi) is 3.19. The van der Waals surface area contributed by atoms with E-state index in [1.807, 2.05) is 13.8 Å². The minimum Gasteiger partial charge on any atom is -0.502 e. The van der Waals surface area contributed by atoms with Crippen LogP contribution in [0.25, 0.3) is 0 Å². The van der Waals surface area contributed by atoms with Crippen LogP contribution in [0.5, 0.6) is 5.75 Å². The van der Waals surface area contributed by atoms with Gasteiger partial charge in [-0.1, -0.05) is 19.9 Å². The summed E-state index contributed by atoms with van der Waals surface area (Å²) in [6, 6.07) is 4.32. The van der Waals surface area contributed by atoms with E-state index in [0.29, 0.717) is 5.88 Å². The molecule has 0 heterocycles. The number of hydrogen-bond donors (Lipinski definition) is 1. The van der Waals surface area contributed by atoms with Crippen molar-refractivity contribution >= 4 is 17.3 Å². The zero-order valence-electron chi connectivity index (χ0n) is 8.53. The summed E-state index contributed by atoms with van der Waals surface area (Å²) in [6.45, 7) is 3.77. The number of halogens is 1. The summed E-state index contributed by atoms with van der Waals surface area (Å²) >= 11 is 5.77. The zero-order chi connectivity index (χ0) is 11.6. The van der Waals surface area contributed by atoms with Gasteiger partial charge in [0, 0.05) is 17.4 Å². The molecule has 5 heteroatoms. The standard InChI is InChI=1S/C10H12ClNO3/c1-10(2,6-11)7-3-4-9(13)8(5-7)12(14)15/h3-5,13H,6H2,1-2H3. The van der Waals surface area contributed by atoms with E-state index in [2.05, 4.69) is 0 Å². The minimum atomic E-state index is -0.608. The summed E-state index contributed by atoms with van der Waals surface area (Å²) in [5.74, 6) is 0.0312. The minimum absolute atomic E-state index is 0.286. The first-order valence-corrected chi connectivity index (χ1v) is 4.96. The molecular formula is C10H12ClNO3. The highest BCUT2D eigenvalue weighted by atomic mass is 35.5. The number of hydrogen-bond acceptors (Lipinski definition) is 3. The Bertz CT molecular complexity index is 390. The fourth-order valence-electron chi connectivity index (χ4n) is 1.17. The number of benzene rings is 1. The van der Waals surface area contributed by atoms with Crippen LogP contribution in [-0.2, 0) is 5.41 Å². The van der Waals surface area contributed by atoms with E-state index in [0.717, 1.165) is 5.56 Å². The average molecular weight is 230 g/mol. The van der Waals surface area contributed by atoms with Crippen LogP contribution in [0.3, 0.4) is 0 Å². The molecule has 0 spiro atoms. The topological polar surface area (TPSA) is 63.4 Å². The van der Waals surface area contributed by atoms with Crippen molar-refractivity contribution in [1.82, 2.24) is 0 Å². The van der Waals surface area contributed by atoms with E-state index < -0.39 is 4.92 Å². The lowest BCUT2D eigenvalue weighted by atomic mass is 9.86. The first kappa shape index (κ1) is 11.8. The Morgan fingerprint density at radius 1 is 1.53 bits per heavy atom. The third-order valence-electron chi connectivity index (χ3n) is 2.29. The molecular weight excluding hydrogens is 218 g/mol. The number of nitrogens with zero attached hydrogens (tertiary/aromatic N) is 1. The van der Waals surface area contributed by atoms with Gasteiger partial charge < -0.3 is 5.11 Å². The second-order valence-corrected chi connectivity index (χ2v) is 4.25. The number of phenolic OH excluding ortho intramolecular Hbond substituents is 1. The number of nitro groups is 1. The van der Waals surface area contributed by atoms with E-state index >= 15 is 0 Å². The summed E-state index contributed by atoms with van der Waals surface area (Å²) in [5, 5.41) is 19.9. The molecule has 0 aliphatic carbocycles. The lowest BCUT2D eigenvalue weighted by Gasteiger charge is -2.21. The van der Waals surface area contributed by atoms with Gasteiger partial charge in [0.25, 0.3) is 0 Å². The number of nitro benzene ring substituents is 1. The third-order valence-corrected chi connectivity index (χ3v) is 2.96. The predicted octanol–water partition coefficient (Wildman–Crippen LogP) is 2.82. The lowest BCUT2D eigenvalue weighted by molar-refractivity contribution is -0.386. The van der Waals surface area contributed by atoms with Crippen molar-refractivity contribution in [2.24, 2.45) is 0 Å². The van der Waals surface area contributed by atoms with Crippen molar-refractivity contribution in [2.45, 2.75) is 19.3 Å². The van der Waals surface area contributed by atoms with Gasteiger partial charge in [0.15, 0.2) is 5.75 Å². The third kappa shape index (κ3) is 2.39. The Morgan fingerprint density at radius 3 is 2.60 bits per heavy atom. The molecule has 1 aromatic rings. The fourth-order valence-corrected chi connectivity index (χ4v) is 1.32. The quantitative estimate of drug-likeness (QED) is 0.493. The largest absolute Gasteiger partial charge is 0.502 e. The first-order chi connectivity index (χ1) is 6.88. The maximum Gasteiger partial charge on any atom is 0.310 e. The smallest absolute Gasteiger partial charge is 0.310 e. The lowest BCUT2D eigenvalue weighted by Crippen LogP contribution is -2.19. The Balaban J connectivity index is 3.25. The molecule has 0 atom stereocenters. The van der Waals surface area contributed by atoms with Gasteiger partial charge in [-0.3, -0.25) is 10.1 Å². The molecule has 0 saturated heterocycles. The van der Waals surface area contributed by atoms with Gasteiger partial charge in [-0.25, -0.2) is 0 Å². The van der Waals surface area contributed by atoms with E-state index in [1.54, 1.807) is 6.07 Å². The second-order valence-electron chi connectivity index (χ2n) is 3.98. The molecule has 0 amide bonds. The first-order valence-electron chi connectivity index (χ1n) is 4.42. The maximum atomic E-state index is 10.6. The molecule has 1 rings (SSSR count). The van der Waals surface area contributed by atoms with Crippen LogP contribution in [0, 0.1) is 10.1 Å². The Hall–Kier alpha value is -1.29. The highest BCUT2D eigenvalue weighted by molar-refractivity contribution is 6.18. The van der Waals surface area contributed by atoms with E-state index in [-0.39, 0.29) is 16.9 Å². The van der Waals surface area contributed by atoms with Gasteiger partial charge in [-0.05, 0) is 11.6 Å². The summed E-state index contributed by atoms with van der Waals surface area (Å²) in [6.07, 6.45) is 0. The molecule has 0 aliphatic heterocycles. The highest BCUT2D eigenvalue weighted by Crippen LogP contribution is 2.32. The van der Waals surface area contributed by atoms with Crippen LogP contribution in [-0.4, -0.2) is 15.9 Å². The molecule has 82 valence electrons. The van der Waals surface area contributed by atoms with Crippen LogP contribution >= 0.6 is 11.6 Å². The predicted molar refractivity (Wildman–Crippen MR) is 58.5 cm³/mol. The Labute approximate surface area is 92.6 Å². The Morgan fingerprint density at radius 2 is 2.13 bits per heavy atom. The van der Waals surface area contributed by atoms with Crippen molar-refractivity contribution in [3.8, 4) is 5.75 Å². The molecule has 1 N–H and O–H groups in total. The van der Waals surface area contributed by atoms with Gasteiger partial charge in [0.05, 0.1) is 4.92 Å². The van der Waals surface area contributed by atoms with E-state index in [4.69, 9.17) is 11.6 Å². The van der Waals surface area contributed by atoms with Crippen LogP contribution in [0.2, 0.25) is 0 Å². The van der Waals surface area contributed by atoms with Gasteiger partial charge >= 0.3 is 5.69 Å². The molecule has 0 radical (unpaired) electrons. The van der Waals surface area contributed by atoms with Crippen molar-refractivity contribution in [3.63, 3.8) is 0 Å². The number of alkyl halides is 1. The SMILES string of the molecule is CC(C)(CCl)c1ccc(O)c([N+](=O)[O-])c1. The molecule has 4 nitrogen and oxygen atoms in total. The molecule has 0 bridgehead atoms. The van der Waals surface area contributed by atoms with Gasteiger partial charge in [0.2, 0.25) is 0 Å². The highest BCUT2D eigenvalue weighted by Gasteiger charge is 2.23. The average Bonchev–Trinajstić information content (AvgIpc) is 2.17. The van der Waals surface area contributed by atoms with Gasteiger partial charge in [0.1, 0.15) is 0 Å². The molecule has 0 saturated carbocycles. The van der Waals surface area contributed by atoms with Crippen molar-refractivity contribution in [2.75, 3.05) is 5.88 Å². The molecule has 15 heavy (non-hydrogen) atoms. The zero-order valence-corrected chi connectivity index (χ0v) is 9.28. The normalized spacial score (nSPS) is 11.4. The van der Waals surface area contributed by atoms with Gasteiger partial charge in [-0.15, -0.1) is 11.6 Å². The van der Waals surface area contributed by atoms with Crippen LogP contribution < -0.4 is 0 Å². The number of rotatable bonds is 3. The maximum absolute atomic E-state index is 10.6. The molecule has 1 aromatic carbocycles. The van der Waals surface area contributed by atoms with Crippen LogP contribution in [0.1, 0.15) is 19.4 Å². The van der Waals surface area contributed by atoms with Gasteiger partial charge in [-0.2, -0.15) is 0 Å². The summed E-state index contributed by atoms with van der Waals surface area (Å²) < 4.78 is 0. The summed E-state index contributed by atoms with van der Waals surface area (Å²) in [4.78, 5) is 9.99. The molecule has 0 aromatic heterocycles. The van der Waals surface area contributed by atoms with Crippen molar-refractivity contribution < 1.29 is 10.0 Å². The van der Waals surface area contributed by atoms with Crippen molar-refractivity contribution in [3.05, 3.63) is 33.9 Å². The fraction of sp³-hybridized carbons (Fsp3) is 0.400. The molecule has 0 unspecified atom stereocenters. The number of phenols is 1. The summed E-state index contributed by atoms with van der Waals surface area (Å²) in [5.41, 5.74) is 0.104. The van der Waals surface area contributed by atoms with Crippen molar-refractivity contribution in [1.29, 1.82) is 0 Å². The van der Waals surface area contributed by atoms with Crippen LogP contribution in [0.15, 0.2) is 18.2 Å². The molecule has 0 aliphatic rings. The number of aromatic hydroxyl groups is 1. The monoisotopic (exact) mass is 229 g/mol. The van der Waals surface area contributed by atoms with E-state index in [9.17, 15) is 15.2 Å². The van der Waals surface area contributed by atoms with E-state index in [1.165, 1.54) is 12.1 Å². The van der Waals surface area contributed by atoms with Crippen LogP contribution in [0.4, 0.5) is 5.69 Å². The molecule has 0 fully saturated rings. The summed E-state index contributed by atoms with van der Waals surface area (Å²) in [7, 11) is 0.